The minimum atomic E-state index is 0.547. The number of nitrogens with zero attached hydrogens (tertiary/aromatic N) is 4. The van der Waals surface area contributed by atoms with Crippen LogP contribution in [0.3, 0.4) is 0 Å². The first-order valence-electron chi connectivity index (χ1n) is 9.06. The van der Waals surface area contributed by atoms with Crippen LogP contribution in [0, 0.1) is 0 Å². The van der Waals surface area contributed by atoms with Gasteiger partial charge in [-0.2, -0.15) is 5.10 Å². The van der Waals surface area contributed by atoms with E-state index in [1.165, 1.54) is 0 Å². The van der Waals surface area contributed by atoms with Crippen LogP contribution in [0.4, 0.5) is 11.5 Å². The summed E-state index contributed by atoms with van der Waals surface area (Å²) in [5.74, 6) is 2.43. The third-order valence-corrected chi connectivity index (χ3v) is 4.90. The van der Waals surface area contributed by atoms with Gasteiger partial charge in [0.1, 0.15) is 5.82 Å². The first kappa shape index (κ1) is 18.7. The molecule has 0 aliphatic rings. The third kappa shape index (κ3) is 3.22. The van der Waals surface area contributed by atoms with Gasteiger partial charge in [-0.1, -0.05) is 0 Å². The second-order valence-corrected chi connectivity index (χ2v) is 6.62. The third-order valence-electron chi connectivity index (χ3n) is 4.90. The molecule has 3 aromatic heterocycles. The molecule has 0 radical (unpaired) electrons. The van der Waals surface area contributed by atoms with Gasteiger partial charge in [-0.05, 0) is 12.1 Å². The van der Waals surface area contributed by atoms with Gasteiger partial charge in [-0.25, -0.2) is 4.98 Å². The van der Waals surface area contributed by atoms with Crippen LogP contribution in [0.5, 0.6) is 17.2 Å². The van der Waals surface area contributed by atoms with Gasteiger partial charge < -0.3 is 24.1 Å². The van der Waals surface area contributed by atoms with Gasteiger partial charge in [0.2, 0.25) is 5.75 Å². The zero-order chi connectivity index (χ0) is 20.5. The summed E-state index contributed by atoms with van der Waals surface area (Å²) in [5.41, 5.74) is 3.96. The lowest BCUT2D eigenvalue weighted by molar-refractivity contribution is 0.324. The van der Waals surface area contributed by atoms with Crippen LogP contribution in [0.2, 0.25) is 0 Å². The van der Waals surface area contributed by atoms with Gasteiger partial charge in [-0.3, -0.25) is 4.68 Å². The summed E-state index contributed by atoms with van der Waals surface area (Å²) in [6, 6.07) is 7.81. The predicted molar refractivity (Wildman–Crippen MR) is 112 cm³/mol. The molecule has 0 unspecified atom stereocenters. The molecule has 0 aliphatic carbocycles. The molecule has 0 saturated carbocycles. The van der Waals surface area contributed by atoms with Gasteiger partial charge in [0.05, 0.1) is 38.7 Å². The van der Waals surface area contributed by atoms with Gasteiger partial charge in [0.25, 0.3) is 0 Å². The van der Waals surface area contributed by atoms with E-state index in [1.54, 1.807) is 32.2 Å². The fourth-order valence-electron chi connectivity index (χ4n) is 3.48. The maximum Gasteiger partial charge on any atom is 0.203 e. The molecule has 1 aromatic carbocycles. The van der Waals surface area contributed by atoms with Crippen molar-refractivity contribution in [2.45, 2.75) is 0 Å². The standard InChI is InChI=1S/C21H23N5O3/c1-25-12-13(11-23-25)17-10-15-16(26(17)2)6-7-22-21(15)24-14-8-18(27-3)20(29-5)19(9-14)28-4/h6-12H,1-5H3,(H,22,24). The Balaban J connectivity index is 1.79. The van der Waals surface area contributed by atoms with E-state index in [1.807, 2.05) is 44.7 Å². The van der Waals surface area contributed by atoms with Crippen LogP contribution in [0.1, 0.15) is 0 Å². The van der Waals surface area contributed by atoms with Gasteiger partial charge >= 0.3 is 0 Å². The summed E-state index contributed by atoms with van der Waals surface area (Å²) in [6.45, 7) is 0. The molecule has 8 nitrogen and oxygen atoms in total. The number of fused-ring (bicyclic) bond motifs is 1. The number of aromatic nitrogens is 4. The van der Waals surface area contributed by atoms with Crippen LogP contribution in [-0.4, -0.2) is 40.7 Å². The summed E-state index contributed by atoms with van der Waals surface area (Å²) in [5, 5.41) is 8.67. The molecule has 0 spiro atoms. The Morgan fingerprint density at radius 3 is 2.28 bits per heavy atom. The normalized spacial score (nSPS) is 10.9. The second-order valence-electron chi connectivity index (χ2n) is 6.62. The number of ether oxygens (including phenoxy) is 3. The highest BCUT2D eigenvalue weighted by atomic mass is 16.5. The van der Waals surface area contributed by atoms with Crippen molar-refractivity contribution < 1.29 is 14.2 Å². The van der Waals surface area contributed by atoms with Crippen molar-refractivity contribution in [3.63, 3.8) is 0 Å². The molecule has 4 rings (SSSR count). The highest BCUT2D eigenvalue weighted by molar-refractivity contribution is 5.96. The number of methoxy groups -OCH3 is 3. The lowest BCUT2D eigenvalue weighted by Crippen LogP contribution is -1.99. The Bertz CT molecular complexity index is 1150. The van der Waals surface area contributed by atoms with Crippen molar-refractivity contribution in [1.29, 1.82) is 0 Å². The topological polar surface area (TPSA) is 75.4 Å². The smallest absolute Gasteiger partial charge is 0.203 e. The summed E-state index contributed by atoms with van der Waals surface area (Å²) in [7, 11) is 8.72. The van der Waals surface area contributed by atoms with Gasteiger partial charge in [0.15, 0.2) is 11.5 Å². The number of anilines is 2. The Morgan fingerprint density at radius 1 is 0.966 bits per heavy atom. The van der Waals surface area contributed by atoms with Crippen molar-refractivity contribution in [2.75, 3.05) is 26.6 Å². The number of rotatable bonds is 6. The number of benzene rings is 1. The van der Waals surface area contributed by atoms with Crippen molar-refractivity contribution >= 4 is 22.4 Å². The fourth-order valence-corrected chi connectivity index (χ4v) is 3.48. The molecule has 0 amide bonds. The van der Waals surface area contributed by atoms with Crippen LogP contribution in [0.15, 0.2) is 42.9 Å². The summed E-state index contributed by atoms with van der Waals surface area (Å²) in [6.07, 6.45) is 5.64. The van der Waals surface area contributed by atoms with E-state index in [9.17, 15) is 0 Å². The molecule has 3 heterocycles. The van der Waals surface area contributed by atoms with Crippen molar-refractivity contribution in [3.05, 3.63) is 42.9 Å². The maximum atomic E-state index is 5.45. The Morgan fingerprint density at radius 2 is 1.69 bits per heavy atom. The lowest BCUT2D eigenvalue weighted by Gasteiger charge is -2.15. The molecule has 0 atom stereocenters. The van der Waals surface area contributed by atoms with E-state index in [4.69, 9.17) is 14.2 Å². The predicted octanol–water partition coefficient (Wildman–Crippen LogP) is 3.74. The van der Waals surface area contributed by atoms with Crippen LogP contribution in [-0.2, 0) is 14.1 Å². The number of nitrogens with one attached hydrogen (secondary N) is 1. The average molecular weight is 393 g/mol. The van der Waals surface area contributed by atoms with E-state index >= 15 is 0 Å². The first-order chi connectivity index (χ1) is 14.0. The summed E-state index contributed by atoms with van der Waals surface area (Å²) < 4.78 is 20.2. The SMILES string of the molecule is COc1cc(Nc2nccc3c2cc(-c2cnn(C)c2)n3C)cc(OC)c1OC. The second kappa shape index (κ2) is 7.38. The highest BCUT2D eigenvalue weighted by Gasteiger charge is 2.16. The zero-order valence-electron chi connectivity index (χ0n) is 17.1. The molecule has 1 N–H and O–H groups in total. The molecule has 0 fully saturated rings. The average Bonchev–Trinajstić information content (AvgIpc) is 3.31. The van der Waals surface area contributed by atoms with Crippen molar-refractivity contribution in [2.24, 2.45) is 14.1 Å². The number of hydrogen-bond acceptors (Lipinski definition) is 6. The molecular weight excluding hydrogens is 370 g/mol. The number of pyridine rings is 1. The van der Waals surface area contributed by atoms with Crippen LogP contribution >= 0.6 is 0 Å². The Hall–Kier alpha value is -3.68. The Labute approximate surface area is 168 Å². The van der Waals surface area contributed by atoms with Crippen LogP contribution < -0.4 is 19.5 Å². The molecule has 0 aliphatic heterocycles. The Kier molecular flexibility index (Phi) is 4.75. The summed E-state index contributed by atoms with van der Waals surface area (Å²) >= 11 is 0. The molecule has 150 valence electrons. The molecule has 4 aromatic rings. The first-order valence-corrected chi connectivity index (χ1v) is 9.06. The quantitative estimate of drug-likeness (QED) is 0.538. The minimum Gasteiger partial charge on any atom is -0.493 e. The lowest BCUT2D eigenvalue weighted by atomic mass is 10.2. The summed E-state index contributed by atoms with van der Waals surface area (Å²) in [4.78, 5) is 4.55. The van der Waals surface area contributed by atoms with E-state index in [-0.39, 0.29) is 0 Å². The van der Waals surface area contributed by atoms with Crippen molar-refractivity contribution in [1.82, 2.24) is 19.3 Å². The monoisotopic (exact) mass is 393 g/mol. The van der Waals surface area contributed by atoms with Gasteiger partial charge in [-0.15, -0.1) is 0 Å². The van der Waals surface area contributed by atoms with Crippen LogP contribution in [0.25, 0.3) is 22.2 Å². The number of aryl methyl sites for hydroxylation is 2. The molecule has 0 saturated heterocycles. The maximum absolute atomic E-state index is 5.45. The van der Waals surface area contributed by atoms with Gasteiger partial charge in [0, 0.05) is 55.3 Å². The van der Waals surface area contributed by atoms with E-state index in [0.29, 0.717) is 17.2 Å². The molecule has 29 heavy (non-hydrogen) atoms. The molecule has 8 heteroatoms. The fraction of sp³-hybridized carbons (Fsp3) is 0.238. The van der Waals surface area contributed by atoms with Crippen molar-refractivity contribution in [3.8, 4) is 28.5 Å². The highest BCUT2D eigenvalue weighted by Crippen LogP contribution is 2.41. The molecule has 0 bridgehead atoms. The number of hydrogen-bond donors (Lipinski definition) is 1. The van der Waals surface area contributed by atoms with E-state index in [0.717, 1.165) is 33.7 Å². The largest absolute Gasteiger partial charge is 0.493 e. The zero-order valence-corrected chi connectivity index (χ0v) is 17.1. The molecular formula is C21H23N5O3. The minimum absolute atomic E-state index is 0.547. The van der Waals surface area contributed by atoms with E-state index < -0.39 is 0 Å². The van der Waals surface area contributed by atoms with E-state index in [2.05, 4.69) is 26.0 Å².